The first-order valence-electron chi connectivity index (χ1n) is 9.51. The molecule has 0 saturated heterocycles. The maximum atomic E-state index is 13.2. The van der Waals surface area contributed by atoms with Crippen molar-refractivity contribution in [3.8, 4) is 11.3 Å². The van der Waals surface area contributed by atoms with Gasteiger partial charge in [-0.1, -0.05) is 43.2 Å². The highest BCUT2D eigenvalue weighted by Crippen LogP contribution is 2.33. The van der Waals surface area contributed by atoms with Crippen LogP contribution in [0.3, 0.4) is 0 Å². The van der Waals surface area contributed by atoms with Gasteiger partial charge in [-0.15, -0.1) is 0 Å². The zero-order valence-corrected chi connectivity index (χ0v) is 16.6. The first-order chi connectivity index (χ1) is 13.9. The fourth-order valence-corrected chi connectivity index (χ4v) is 4.85. The van der Waals surface area contributed by atoms with Crippen LogP contribution in [0.15, 0.2) is 65.7 Å². The topological polar surface area (TPSA) is 107 Å². The number of benzene rings is 2. The summed E-state index contributed by atoms with van der Waals surface area (Å²) in [6.07, 6.45) is 5.86. The van der Waals surface area contributed by atoms with Gasteiger partial charge in [0.25, 0.3) is 10.0 Å². The second-order valence-electron chi connectivity index (χ2n) is 7.17. The average molecular weight is 410 g/mol. The normalized spacial score (nSPS) is 14.8. The summed E-state index contributed by atoms with van der Waals surface area (Å²) in [7, 11) is -3.88. The average Bonchev–Trinajstić information content (AvgIpc) is 3.39. The van der Waals surface area contributed by atoms with Crippen molar-refractivity contribution in [3.63, 3.8) is 0 Å². The Morgan fingerprint density at radius 1 is 1.03 bits per heavy atom. The van der Waals surface area contributed by atoms with Crippen LogP contribution >= 0.6 is 0 Å². The number of amides is 1. The van der Waals surface area contributed by atoms with E-state index in [-0.39, 0.29) is 10.9 Å². The Morgan fingerprint density at radius 3 is 2.31 bits per heavy atom. The first-order valence-corrected chi connectivity index (χ1v) is 11.0. The summed E-state index contributed by atoms with van der Waals surface area (Å²) in [5.74, 6) is -0.566. The predicted octanol–water partition coefficient (Wildman–Crippen LogP) is 3.56. The van der Waals surface area contributed by atoms with E-state index in [1.807, 2.05) is 30.3 Å². The molecule has 1 heterocycles. The van der Waals surface area contributed by atoms with Gasteiger partial charge in [-0.25, -0.2) is 8.42 Å². The highest BCUT2D eigenvalue weighted by molar-refractivity contribution is 7.92. The lowest BCUT2D eigenvalue weighted by molar-refractivity contribution is 0.100. The number of primary amides is 1. The smallest absolute Gasteiger partial charge is 0.265 e. The van der Waals surface area contributed by atoms with Crippen LogP contribution in [0.4, 0.5) is 5.69 Å². The van der Waals surface area contributed by atoms with E-state index in [9.17, 15) is 13.2 Å². The molecule has 7 nitrogen and oxygen atoms in total. The minimum Gasteiger partial charge on any atom is -0.366 e. The van der Waals surface area contributed by atoms with E-state index >= 15 is 0 Å². The molecule has 0 unspecified atom stereocenters. The van der Waals surface area contributed by atoms with E-state index in [0.29, 0.717) is 16.9 Å². The largest absolute Gasteiger partial charge is 0.366 e. The molecule has 1 saturated carbocycles. The van der Waals surface area contributed by atoms with Gasteiger partial charge in [0.2, 0.25) is 5.91 Å². The standard InChI is InChI=1S/C21H22N4O3S/c22-21(26)16-10-12-17(13-11-16)24-29(27,28)19-14-25(18-8-4-5-9-18)23-20(19)15-6-2-1-3-7-15/h1-3,6-7,10-14,18,24H,4-5,8-9H2,(H2,22,26). The maximum absolute atomic E-state index is 13.2. The van der Waals surface area contributed by atoms with Crippen molar-refractivity contribution in [2.45, 2.75) is 36.6 Å². The number of nitrogens with one attached hydrogen (secondary N) is 1. The van der Waals surface area contributed by atoms with Gasteiger partial charge in [0.1, 0.15) is 10.6 Å². The lowest BCUT2D eigenvalue weighted by Crippen LogP contribution is -2.14. The summed E-state index contributed by atoms with van der Waals surface area (Å²) in [5.41, 5.74) is 7.08. The fraction of sp³-hybridized carbons (Fsp3) is 0.238. The molecular weight excluding hydrogens is 388 g/mol. The molecule has 2 aromatic carbocycles. The number of aromatic nitrogens is 2. The zero-order chi connectivity index (χ0) is 20.4. The molecule has 1 aliphatic carbocycles. The van der Waals surface area contributed by atoms with Crippen molar-refractivity contribution in [1.82, 2.24) is 9.78 Å². The van der Waals surface area contributed by atoms with Gasteiger partial charge in [0.15, 0.2) is 0 Å². The molecule has 1 aliphatic rings. The third-order valence-corrected chi connectivity index (χ3v) is 6.54. The molecule has 0 spiro atoms. The zero-order valence-electron chi connectivity index (χ0n) is 15.8. The van der Waals surface area contributed by atoms with Gasteiger partial charge in [0, 0.05) is 23.0 Å². The molecule has 150 valence electrons. The molecule has 3 N–H and O–H groups in total. The SMILES string of the molecule is NC(=O)c1ccc(NS(=O)(=O)c2cn(C3CCCC3)nc2-c2ccccc2)cc1. The van der Waals surface area contributed by atoms with E-state index in [4.69, 9.17) is 5.73 Å². The van der Waals surface area contributed by atoms with Crippen LogP contribution in [-0.4, -0.2) is 24.1 Å². The number of nitrogens with two attached hydrogens (primary N) is 1. The molecule has 29 heavy (non-hydrogen) atoms. The van der Waals surface area contributed by atoms with Crippen LogP contribution in [0.2, 0.25) is 0 Å². The molecule has 1 amide bonds. The van der Waals surface area contributed by atoms with Crippen LogP contribution in [0, 0.1) is 0 Å². The Kier molecular flexibility index (Phi) is 5.10. The summed E-state index contributed by atoms with van der Waals surface area (Å²) >= 11 is 0. The van der Waals surface area contributed by atoms with Crippen molar-refractivity contribution in [1.29, 1.82) is 0 Å². The number of carbonyl (C=O) groups excluding carboxylic acids is 1. The van der Waals surface area contributed by atoms with Gasteiger partial charge in [-0.3, -0.25) is 14.2 Å². The van der Waals surface area contributed by atoms with E-state index in [1.165, 1.54) is 24.3 Å². The van der Waals surface area contributed by atoms with Crippen molar-refractivity contribution in [2.24, 2.45) is 5.73 Å². The Labute approximate surface area is 169 Å². The van der Waals surface area contributed by atoms with E-state index in [0.717, 1.165) is 31.2 Å². The Hall–Kier alpha value is -3.13. The van der Waals surface area contributed by atoms with Crippen molar-refractivity contribution in [3.05, 3.63) is 66.4 Å². The van der Waals surface area contributed by atoms with Crippen molar-refractivity contribution >= 4 is 21.6 Å². The Balaban J connectivity index is 1.72. The molecule has 4 rings (SSSR count). The number of sulfonamides is 1. The van der Waals surface area contributed by atoms with Gasteiger partial charge >= 0.3 is 0 Å². The number of hydrogen-bond donors (Lipinski definition) is 2. The summed E-state index contributed by atoms with van der Waals surface area (Å²) in [4.78, 5) is 11.4. The summed E-state index contributed by atoms with van der Waals surface area (Å²) in [5, 5.41) is 4.64. The second kappa shape index (κ2) is 7.71. The van der Waals surface area contributed by atoms with Crippen LogP contribution in [-0.2, 0) is 10.0 Å². The third kappa shape index (κ3) is 4.02. The fourth-order valence-electron chi connectivity index (χ4n) is 3.64. The van der Waals surface area contributed by atoms with Gasteiger partial charge < -0.3 is 5.73 Å². The molecule has 0 aliphatic heterocycles. The molecular formula is C21H22N4O3S. The highest BCUT2D eigenvalue weighted by atomic mass is 32.2. The van der Waals surface area contributed by atoms with Crippen LogP contribution in [0.5, 0.6) is 0 Å². The molecule has 1 fully saturated rings. The number of hydrogen-bond acceptors (Lipinski definition) is 4. The Bertz CT molecular complexity index is 1120. The number of rotatable bonds is 6. The first kappa shape index (κ1) is 19.2. The molecule has 3 aromatic rings. The van der Waals surface area contributed by atoms with E-state index in [1.54, 1.807) is 10.9 Å². The summed E-state index contributed by atoms with van der Waals surface area (Å²) in [6, 6.07) is 15.5. The molecule has 0 atom stereocenters. The Morgan fingerprint density at radius 2 is 1.69 bits per heavy atom. The summed E-state index contributed by atoms with van der Waals surface area (Å²) < 4.78 is 30.7. The third-order valence-electron chi connectivity index (χ3n) is 5.16. The quantitative estimate of drug-likeness (QED) is 0.648. The number of carbonyl (C=O) groups is 1. The van der Waals surface area contributed by atoms with E-state index < -0.39 is 15.9 Å². The minimum atomic E-state index is -3.88. The molecule has 0 radical (unpaired) electrons. The van der Waals surface area contributed by atoms with Gasteiger partial charge in [-0.05, 0) is 37.1 Å². The predicted molar refractivity (Wildman–Crippen MR) is 111 cm³/mol. The lowest BCUT2D eigenvalue weighted by Gasteiger charge is -2.09. The monoisotopic (exact) mass is 410 g/mol. The molecule has 0 bridgehead atoms. The van der Waals surface area contributed by atoms with E-state index in [2.05, 4.69) is 9.82 Å². The van der Waals surface area contributed by atoms with Gasteiger partial charge in [0.05, 0.1) is 6.04 Å². The van der Waals surface area contributed by atoms with Crippen molar-refractivity contribution in [2.75, 3.05) is 4.72 Å². The lowest BCUT2D eigenvalue weighted by atomic mass is 10.2. The van der Waals surface area contributed by atoms with Crippen LogP contribution in [0.25, 0.3) is 11.3 Å². The van der Waals surface area contributed by atoms with Gasteiger partial charge in [-0.2, -0.15) is 5.10 Å². The summed E-state index contributed by atoms with van der Waals surface area (Å²) in [6.45, 7) is 0. The minimum absolute atomic E-state index is 0.134. The molecule has 8 heteroatoms. The number of anilines is 1. The van der Waals surface area contributed by atoms with Crippen molar-refractivity contribution < 1.29 is 13.2 Å². The van der Waals surface area contributed by atoms with Crippen LogP contribution in [0.1, 0.15) is 42.1 Å². The highest BCUT2D eigenvalue weighted by Gasteiger charge is 2.27. The second-order valence-corrected chi connectivity index (χ2v) is 8.82. The van der Waals surface area contributed by atoms with Crippen LogP contribution < -0.4 is 10.5 Å². The number of nitrogens with zero attached hydrogens (tertiary/aromatic N) is 2. The molecule has 1 aromatic heterocycles. The maximum Gasteiger partial charge on any atom is 0.265 e.